The van der Waals surface area contributed by atoms with Gasteiger partial charge >= 0.3 is 0 Å². The first-order chi connectivity index (χ1) is 8.72. The second-order valence-electron chi connectivity index (χ2n) is 4.23. The van der Waals surface area contributed by atoms with E-state index in [0.29, 0.717) is 6.54 Å². The molecular weight excluding hydrogens is 228 g/mol. The van der Waals surface area contributed by atoms with E-state index in [-0.39, 0.29) is 11.5 Å². The third-order valence-corrected chi connectivity index (χ3v) is 2.55. The first-order valence-electron chi connectivity index (χ1n) is 6.67. The van der Waals surface area contributed by atoms with Crippen LogP contribution in [0.15, 0.2) is 12.2 Å². The van der Waals surface area contributed by atoms with Crippen LogP contribution < -0.4 is 5.32 Å². The molecule has 0 saturated carbocycles. The summed E-state index contributed by atoms with van der Waals surface area (Å²) in [6.45, 7) is 7.80. The molecule has 1 amide bonds. The van der Waals surface area contributed by atoms with Gasteiger partial charge in [-0.1, -0.05) is 32.8 Å². The fourth-order valence-corrected chi connectivity index (χ4v) is 1.39. The van der Waals surface area contributed by atoms with E-state index in [4.69, 9.17) is 10.00 Å². The van der Waals surface area contributed by atoms with Crippen molar-refractivity contribution in [3.8, 4) is 6.07 Å². The largest absolute Gasteiger partial charge is 0.381 e. The minimum Gasteiger partial charge on any atom is -0.381 e. The Hall–Kier alpha value is -1.34. The average molecular weight is 252 g/mol. The summed E-state index contributed by atoms with van der Waals surface area (Å²) < 4.78 is 5.45. The predicted molar refractivity (Wildman–Crippen MR) is 72.0 cm³/mol. The van der Waals surface area contributed by atoms with Crippen LogP contribution in [0.1, 0.15) is 45.4 Å². The van der Waals surface area contributed by atoms with E-state index in [9.17, 15) is 4.79 Å². The molecule has 0 unspecified atom stereocenters. The van der Waals surface area contributed by atoms with E-state index >= 15 is 0 Å². The van der Waals surface area contributed by atoms with Crippen molar-refractivity contribution in [2.45, 2.75) is 45.4 Å². The van der Waals surface area contributed by atoms with Crippen molar-refractivity contribution in [2.75, 3.05) is 19.8 Å². The first kappa shape index (κ1) is 16.7. The highest BCUT2D eigenvalue weighted by molar-refractivity contribution is 5.96. The fraction of sp³-hybridized carbons (Fsp3) is 0.714. The molecule has 1 N–H and O–H groups in total. The van der Waals surface area contributed by atoms with Gasteiger partial charge in [-0.3, -0.25) is 4.79 Å². The van der Waals surface area contributed by atoms with E-state index in [1.54, 1.807) is 6.07 Å². The van der Waals surface area contributed by atoms with Crippen LogP contribution >= 0.6 is 0 Å². The highest BCUT2D eigenvalue weighted by Gasteiger charge is 2.03. The molecule has 0 aromatic rings. The standard InChI is InChI=1S/C14H24N2O2/c1-3-4-10-18-11-8-6-5-7-9-16-14(17)13(2)12-15/h2-11H2,1H3,(H,16,17). The molecule has 102 valence electrons. The van der Waals surface area contributed by atoms with E-state index in [2.05, 4.69) is 18.8 Å². The van der Waals surface area contributed by atoms with Gasteiger partial charge in [0.2, 0.25) is 0 Å². The fourth-order valence-electron chi connectivity index (χ4n) is 1.39. The summed E-state index contributed by atoms with van der Waals surface area (Å²) in [6, 6.07) is 1.73. The second kappa shape index (κ2) is 12.1. The molecule has 0 aliphatic heterocycles. The Kier molecular flexibility index (Phi) is 11.2. The molecule has 0 rings (SSSR count). The number of rotatable bonds is 11. The topological polar surface area (TPSA) is 62.1 Å². The Morgan fingerprint density at radius 3 is 2.56 bits per heavy atom. The van der Waals surface area contributed by atoms with Crippen LogP contribution in [0, 0.1) is 11.3 Å². The van der Waals surface area contributed by atoms with Crippen LogP contribution in [0.5, 0.6) is 0 Å². The number of unbranched alkanes of at least 4 members (excludes halogenated alkanes) is 4. The predicted octanol–water partition coefficient (Wildman–Crippen LogP) is 2.56. The van der Waals surface area contributed by atoms with Gasteiger partial charge in [0.05, 0.1) is 0 Å². The summed E-state index contributed by atoms with van der Waals surface area (Å²) >= 11 is 0. The van der Waals surface area contributed by atoms with Crippen LogP contribution in [0.2, 0.25) is 0 Å². The van der Waals surface area contributed by atoms with Gasteiger partial charge in [-0.05, 0) is 19.3 Å². The summed E-state index contributed by atoms with van der Waals surface area (Å²) in [7, 11) is 0. The molecule has 18 heavy (non-hydrogen) atoms. The summed E-state index contributed by atoms with van der Waals surface area (Å²) in [5, 5.41) is 11.1. The monoisotopic (exact) mass is 252 g/mol. The highest BCUT2D eigenvalue weighted by Crippen LogP contribution is 2.00. The Morgan fingerprint density at radius 1 is 1.22 bits per heavy atom. The molecule has 0 aliphatic carbocycles. The lowest BCUT2D eigenvalue weighted by atomic mass is 10.2. The minimum atomic E-state index is -0.361. The van der Waals surface area contributed by atoms with Gasteiger partial charge in [-0.2, -0.15) is 5.26 Å². The molecule has 0 aromatic carbocycles. The van der Waals surface area contributed by atoms with Crippen LogP contribution in [-0.4, -0.2) is 25.7 Å². The molecule has 4 nitrogen and oxygen atoms in total. The SMILES string of the molecule is C=C(C#N)C(=O)NCCCCCCOCCCC. The van der Waals surface area contributed by atoms with Crippen molar-refractivity contribution in [1.82, 2.24) is 5.32 Å². The zero-order valence-corrected chi connectivity index (χ0v) is 11.3. The second-order valence-corrected chi connectivity index (χ2v) is 4.23. The average Bonchev–Trinajstić information content (AvgIpc) is 2.39. The van der Waals surface area contributed by atoms with Gasteiger partial charge in [-0.15, -0.1) is 0 Å². The summed E-state index contributed by atoms with van der Waals surface area (Å²) in [4.78, 5) is 11.2. The Labute approximate surface area is 110 Å². The normalized spacial score (nSPS) is 9.78. The van der Waals surface area contributed by atoms with Crippen LogP contribution in [0.4, 0.5) is 0 Å². The van der Waals surface area contributed by atoms with Crippen molar-refractivity contribution in [3.63, 3.8) is 0 Å². The number of carbonyl (C=O) groups excluding carboxylic acids is 1. The van der Waals surface area contributed by atoms with Crippen LogP contribution in [-0.2, 0) is 9.53 Å². The van der Waals surface area contributed by atoms with E-state index in [0.717, 1.165) is 45.3 Å². The third kappa shape index (κ3) is 9.86. The zero-order chi connectivity index (χ0) is 13.6. The van der Waals surface area contributed by atoms with Crippen LogP contribution in [0.3, 0.4) is 0 Å². The van der Waals surface area contributed by atoms with E-state index < -0.39 is 0 Å². The van der Waals surface area contributed by atoms with Crippen molar-refractivity contribution >= 4 is 5.91 Å². The molecule has 0 heterocycles. The maximum Gasteiger partial charge on any atom is 0.261 e. The number of nitrogens with zero attached hydrogens (tertiary/aromatic N) is 1. The molecule has 0 radical (unpaired) electrons. The molecular formula is C14H24N2O2. The summed E-state index contributed by atoms with van der Waals surface area (Å²) in [5.74, 6) is -0.361. The molecule has 0 spiro atoms. The van der Waals surface area contributed by atoms with Gasteiger partial charge in [0, 0.05) is 19.8 Å². The molecule has 0 aromatic heterocycles. The van der Waals surface area contributed by atoms with Crippen molar-refractivity contribution in [2.24, 2.45) is 0 Å². The lowest BCUT2D eigenvalue weighted by Gasteiger charge is -2.04. The Morgan fingerprint density at radius 2 is 1.89 bits per heavy atom. The lowest BCUT2D eigenvalue weighted by Crippen LogP contribution is -2.25. The van der Waals surface area contributed by atoms with Gasteiger partial charge in [0.25, 0.3) is 5.91 Å². The molecule has 0 fully saturated rings. The molecule has 0 atom stereocenters. The smallest absolute Gasteiger partial charge is 0.261 e. The highest BCUT2D eigenvalue weighted by atomic mass is 16.5. The van der Waals surface area contributed by atoms with Crippen molar-refractivity contribution in [3.05, 3.63) is 12.2 Å². The maximum atomic E-state index is 11.2. The lowest BCUT2D eigenvalue weighted by molar-refractivity contribution is -0.117. The maximum absolute atomic E-state index is 11.2. The molecule has 0 saturated heterocycles. The third-order valence-electron chi connectivity index (χ3n) is 2.55. The van der Waals surface area contributed by atoms with E-state index in [1.165, 1.54) is 6.42 Å². The summed E-state index contributed by atoms with van der Waals surface area (Å²) in [5.41, 5.74) is -0.0284. The number of hydrogen-bond acceptors (Lipinski definition) is 3. The first-order valence-corrected chi connectivity index (χ1v) is 6.67. The summed E-state index contributed by atoms with van der Waals surface area (Å²) in [6.07, 6.45) is 6.49. The Balaban J connectivity index is 3.19. The van der Waals surface area contributed by atoms with Gasteiger partial charge in [0.15, 0.2) is 0 Å². The van der Waals surface area contributed by atoms with Gasteiger partial charge < -0.3 is 10.1 Å². The number of hydrogen-bond donors (Lipinski definition) is 1. The molecule has 0 aliphatic rings. The quantitative estimate of drug-likeness (QED) is 0.349. The molecule has 4 heteroatoms. The zero-order valence-electron chi connectivity index (χ0n) is 11.3. The van der Waals surface area contributed by atoms with Gasteiger partial charge in [0.1, 0.15) is 11.6 Å². The number of carbonyl (C=O) groups is 1. The number of nitriles is 1. The van der Waals surface area contributed by atoms with Crippen molar-refractivity contribution in [1.29, 1.82) is 5.26 Å². The van der Waals surface area contributed by atoms with Gasteiger partial charge in [-0.25, -0.2) is 0 Å². The number of amides is 1. The van der Waals surface area contributed by atoms with Crippen LogP contribution in [0.25, 0.3) is 0 Å². The number of nitrogens with one attached hydrogen (secondary N) is 1. The minimum absolute atomic E-state index is 0.0284. The van der Waals surface area contributed by atoms with Crippen molar-refractivity contribution < 1.29 is 9.53 Å². The molecule has 0 bridgehead atoms. The van der Waals surface area contributed by atoms with E-state index in [1.807, 2.05) is 0 Å². The number of ether oxygens (including phenoxy) is 1. The Bertz CT molecular complexity index is 282.